The maximum atomic E-state index is 12.1. The summed E-state index contributed by atoms with van der Waals surface area (Å²) in [7, 11) is 0. The highest BCUT2D eigenvalue weighted by Gasteiger charge is 2.13. The fourth-order valence-corrected chi connectivity index (χ4v) is 2.58. The van der Waals surface area contributed by atoms with E-state index in [-0.39, 0.29) is 24.5 Å². The number of aryl methyl sites for hydroxylation is 1. The van der Waals surface area contributed by atoms with Gasteiger partial charge in [0.1, 0.15) is 0 Å². The Morgan fingerprint density at radius 1 is 0.960 bits per heavy atom. The molecule has 1 aliphatic rings. The van der Waals surface area contributed by atoms with Crippen LogP contribution >= 0.6 is 0 Å². The standard InChI is InChI=1S/C20H21NO4/c1-14-3-5-15(6-4-14)17(22)8-10-20(23)21-16-7-9-18-19(13-16)25-12-2-11-24-18/h3-7,9,13H,2,8,10-12H2,1H3,(H,21,23). The molecule has 1 heterocycles. The van der Waals surface area contributed by atoms with Crippen LogP contribution in [0.4, 0.5) is 5.69 Å². The van der Waals surface area contributed by atoms with Crippen LogP contribution in [0.15, 0.2) is 42.5 Å². The second-order valence-corrected chi connectivity index (χ2v) is 6.05. The lowest BCUT2D eigenvalue weighted by molar-refractivity contribution is -0.116. The van der Waals surface area contributed by atoms with E-state index in [9.17, 15) is 9.59 Å². The molecule has 3 rings (SSSR count). The number of hydrogen-bond donors (Lipinski definition) is 1. The van der Waals surface area contributed by atoms with E-state index in [4.69, 9.17) is 9.47 Å². The zero-order valence-electron chi connectivity index (χ0n) is 14.2. The third-order valence-corrected chi connectivity index (χ3v) is 3.98. The zero-order chi connectivity index (χ0) is 17.6. The lowest BCUT2D eigenvalue weighted by Crippen LogP contribution is -2.13. The van der Waals surface area contributed by atoms with Gasteiger partial charge in [0, 0.05) is 36.6 Å². The third-order valence-electron chi connectivity index (χ3n) is 3.98. The second-order valence-electron chi connectivity index (χ2n) is 6.05. The van der Waals surface area contributed by atoms with Crippen LogP contribution in [0.25, 0.3) is 0 Å². The van der Waals surface area contributed by atoms with Gasteiger partial charge >= 0.3 is 0 Å². The molecule has 130 valence electrons. The molecule has 0 unspecified atom stereocenters. The van der Waals surface area contributed by atoms with Crippen molar-refractivity contribution in [3.63, 3.8) is 0 Å². The first kappa shape index (κ1) is 17.0. The van der Waals surface area contributed by atoms with Crippen LogP contribution in [0, 0.1) is 6.92 Å². The number of ketones is 1. The van der Waals surface area contributed by atoms with Gasteiger partial charge < -0.3 is 14.8 Å². The summed E-state index contributed by atoms with van der Waals surface area (Å²) in [6, 6.07) is 12.7. The Morgan fingerprint density at radius 3 is 2.44 bits per heavy atom. The van der Waals surface area contributed by atoms with Crippen molar-refractivity contribution in [2.45, 2.75) is 26.2 Å². The first-order valence-corrected chi connectivity index (χ1v) is 8.41. The summed E-state index contributed by atoms with van der Waals surface area (Å²) in [5.74, 6) is 1.08. The minimum absolute atomic E-state index is 0.0335. The summed E-state index contributed by atoms with van der Waals surface area (Å²) in [6.07, 6.45) is 1.15. The molecular weight excluding hydrogens is 318 g/mol. The van der Waals surface area contributed by atoms with Crippen LogP contribution in [-0.4, -0.2) is 24.9 Å². The van der Waals surface area contributed by atoms with Gasteiger partial charge in [-0.1, -0.05) is 29.8 Å². The molecule has 1 aliphatic heterocycles. The summed E-state index contributed by atoms with van der Waals surface area (Å²) < 4.78 is 11.2. The maximum Gasteiger partial charge on any atom is 0.224 e. The van der Waals surface area contributed by atoms with Crippen LogP contribution in [0.1, 0.15) is 35.2 Å². The molecular formula is C20H21NO4. The van der Waals surface area contributed by atoms with Crippen molar-refractivity contribution in [3.8, 4) is 11.5 Å². The van der Waals surface area contributed by atoms with E-state index in [0.717, 1.165) is 12.0 Å². The van der Waals surface area contributed by atoms with E-state index < -0.39 is 0 Å². The molecule has 2 aromatic rings. The molecule has 1 amide bonds. The monoisotopic (exact) mass is 339 g/mol. The van der Waals surface area contributed by atoms with Crippen LogP contribution in [0.5, 0.6) is 11.5 Å². The summed E-state index contributed by atoms with van der Waals surface area (Å²) in [5.41, 5.74) is 2.37. The molecule has 0 spiro atoms. The highest BCUT2D eigenvalue weighted by Crippen LogP contribution is 2.32. The number of fused-ring (bicyclic) bond motifs is 1. The van der Waals surface area contributed by atoms with Gasteiger partial charge in [-0.25, -0.2) is 0 Å². The molecule has 0 radical (unpaired) electrons. The molecule has 0 saturated heterocycles. The number of hydrogen-bond acceptors (Lipinski definition) is 4. The fraction of sp³-hybridized carbons (Fsp3) is 0.300. The van der Waals surface area contributed by atoms with E-state index in [1.165, 1.54) is 0 Å². The van der Waals surface area contributed by atoms with Crippen molar-refractivity contribution in [2.75, 3.05) is 18.5 Å². The van der Waals surface area contributed by atoms with Gasteiger partial charge in [-0.3, -0.25) is 9.59 Å². The van der Waals surface area contributed by atoms with Gasteiger partial charge in [0.05, 0.1) is 13.2 Å². The number of carbonyl (C=O) groups is 2. The van der Waals surface area contributed by atoms with Crippen molar-refractivity contribution in [2.24, 2.45) is 0 Å². The Hall–Kier alpha value is -2.82. The molecule has 0 aromatic heterocycles. The minimum atomic E-state index is -0.199. The number of carbonyl (C=O) groups excluding carboxylic acids is 2. The zero-order valence-corrected chi connectivity index (χ0v) is 14.2. The highest BCUT2D eigenvalue weighted by molar-refractivity contribution is 6.00. The average Bonchev–Trinajstić information content (AvgIpc) is 2.85. The van der Waals surface area contributed by atoms with Crippen LogP contribution in [0.3, 0.4) is 0 Å². The number of Topliss-reactive ketones (excluding diaryl/α,β-unsaturated/α-hetero) is 1. The maximum absolute atomic E-state index is 12.1. The molecule has 0 aliphatic carbocycles. The highest BCUT2D eigenvalue weighted by atomic mass is 16.5. The molecule has 5 nitrogen and oxygen atoms in total. The smallest absolute Gasteiger partial charge is 0.224 e. The molecule has 0 fully saturated rings. The summed E-state index contributed by atoms with van der Waals surface area (Å²) >= 11 is 0. The first-order valence-electron chi connectivity index (χ1n) is 8.41. The Bertz CT molecular complexity index is 768. The molecule has 1 N–H and O–H groups in total. The predicted octanol–water partition coefficient (Wildman–Crippen LogP) is 3.76. The van der Waals surface area contributed by atoms with Gasteiger partial charge in [-0.15, -0.1) is 0 Å². The third kappa shape index (κ3) is 4.59. The van der Waals surface area contributed by atoms with E-state index in [2.05, 4.69) is 5.32 Å². The fourth-order valence-electron chi connectivity index (χ4n) is 2.58. The Morgan fingerprint density at radius 2 is 1.68 bits per heavy atom. The molecule has 5 heteroatoms. The number of ether oxygens (including phenoxy) is 2. The predicted molar refractivity (Wildman–Crippen MR) is 95.4 cm³/mol. The lowest BCUT2D eigenvalue weighted by Gasteiger charge is -2.10. The van der Waals surface area contributed by atoms with Gasteiger partial charge in [-0.05, 0) is 19.1 Å². The summed E-state index contributed by atoms with van der Waals surface area (Å²) in [6.45, 7) is 3.19. The van der Waals surface area contributed by atoms with Crippen molar-refractivity contribution in [3.05, 3.63) is 53.6 Å². The largest absolute Gasteiger partial charge is 0.490 e. The Labute approximate surface area is 147 Å². The van der Waals surface area contributed by atoms with Crippen molar-refractivity contribution >= 4 is 17.4 Å². The van der Waals surface area contributed by atoms with Gasteiger partial charge in [0.2, 0.25) is 5.91 Å². The minimum Gasteiger partial charge on any atom is -0.490 e. The molecule has 25 heavy (non-hydrogen) atoms. The quantitative estimate of drug-likeness (QED) is 0.843. The van der Waals surface area contributed by atoms with Crippen molar-refractivity contribution in [1.29, 1.82) is 0 Å². The number of anilines is 1. The van der Waals surface area contributed by atoms with Crippen LogP contribution in [-0.2, 0) is 4.79 Å². The number of amides is 1. The van der Waals surface area contributed by atoms with E-state index in [1.807, 2.05) is 19.1 Å². The van der Waals surface area contributed by atoms with Gasteiger partial charge in [-0.2, -0.15) is 0 Å². The van der Waals surface area contributed by atoms with Gasteiger partial charge in [0.25, 0.3) is 0 Å². The number of rotatable bonds is 5. The first-order chi connectivity index (χ1) is 12.1. The molecule has 2 aromatic carbocycles. The van der Waals surface area contributed by atoms with E-state index >= 15 is 0 Å². The summed E-state index contributed by atoms with van der Waals surface area (Å²) in [5, 5.41) is 2.80. The van der Waals surface area contributed by atoms with E-state index in [1.54, 1.807) is 30.3 Å². The van der Waals surface area contributed by atoms with Crippen LogP contribution < -0.4 is 14.8 Å². The lowest BCUT2D eigenvalue weighted by atomic mass is 10.0. The average molecular weight is 339 g/mol. The van der Waals surface area contributed by atoms with Crippen molar-refractivity contribution in [1.82, 2.24) is 0 Å². The normalized spacial score (nSPS) is 13.0. The summed E-state index contributed by atoms with van der Waals surface area (Å²) in [4.78, 5) is 24.2. The Kier molecular flexibility index (Phi) is 5.33. The van der Waals surface area contributed by atoms with Crippen LogP contribution in [0.2, 0.25) is 0 Å². The van der Waals surface area contributed by atoms with E-state index in [0.29, 0.717) is 36.0 Å². The molecule has 0 atom stereocenters. The SMILES string of the molecule is Cc1ccc(C(=O)CCC(=O)Nc2ccc3c(c2)OCCCO3)cc1. The second kappa shape index (κ2) is 7.83. The topological polar surface area (TPSA) is 64.6 Å². The van der Waals surface area contributed by atoms with Crippen molar-refractivity contribution < 1.29 is 19.1 Å². The number of benzene rings is 2. The molecule has 0 bridgehead atoms. The van der Waals surface area contributed by atoms with Gasteiger partial charge in [0.15, 0.2) is 17.3 Å². The number of nitrogens with one attached hydrogen (secondary N) is 1. The Balaban J connectivity index is 1.55. The molecule has 0 saturated carbocycles.